The molecule has 0 spiro atoms. The van der Waals surface area contributed by atoms with Crippen molar-refractivity contribution in [1.29, 1.82) is 0 Å². The maximum absolute atomic E-state index is 12.0. The highest BCUT2D eigenvalue weighted by molar-refractivity contribution is 5.77. The van der Waals surface area contributed by atoms with Crippen LogP contribution in [-0.2, 0) is 4.79 Å². The number of amides is 2. The number of aliphatic carboxylic acids is 1. The predicted octanol–water partition coefficient (Wildman–Crippen LogP) is 1.43. The van der Waals surface area contributed by atoms with Gasteiger partial charge in [0.1, 0.15) is 0 Å². The number of nitrogens with one attached hydrogen (secondary N) is 1. The van der Waals surface area contributed by atoms with Crippen molar-refractivity contribution in [3.8, 4) is 0 Å². The molecule has 0 aromatic carbocycles. The summed E-state index contributed by atoms with van der Waals surface area (Å²) in [7, 11) is 0. The van der Waals surface area contributed by atoms with E-state index in [1.165, 1.54) is 0 Å². The van der Waals surface area contributed by atoms with Crippen LogP contribution in [0.4, 0.5) is 4.79 Å². The summed E-state index contributed by atoms with van der Waals surface area (Å²) in [5.41, 5.74) is 0. The number of hydrogen-bond donors (Lipinski definition) is 2. The molecule has 2 rings (SSSR count). The highest BCUT2D eigenvalue weighted by atomic mass is 16.4. The van der Waals surface area contributed by atoms with Crippen LogP contribution >= 0.6 is 0 Å². The zero-order chi connectivity index (χ0) is 12.4. The second-order valence-electron chi connectivity index (χ2n) is 5.05. The zero-order valence-electron chi connectivity index (χ0n) is 10.2. The predicted molar refractivity (Wildman–Crippen MR) is 62.7 cm³/mol. The first-order valence-corrected chi connectivity index (χ1v) is 6.40. The van der Waals surface area contributed by atoms with Gasteiger partial charge >= 0.3 is 12.0 Å². The summed E-state index contributed by atoms with van der Waals surface area (Å²) in [4.78, 5) is 24.4. The topological polar surface area (TPSA) is 69.6 Å². The molecule has 1 heterocycles. The maximum Gasteiger partial charge on any atom is 0.317 e. The van der Waals surface area contributed by atoms with E-state index in [2.05, 4.69) is 12.2 Å². The van der Waals surface area contributed by atoms with Crippen molar-refractivity contribution in [1.82, 2.24) is 10.2 Å². The average Bonchev–Trinajstić information content (AvgIpc) is 2.85. The third-order valence-corrected chi connectivity index (χ3v) is 3.80. The van der Waals surface area contributed by atoms with Crippen LogP contribution in [0.1, 0.15) is 39.0 Å². The van der Waals surface area contributed by atoms with Gasteiger partial charge in [0.15, 0.2) is 0 Å². The van der Waals surface area contributed by atoms with Crippen molar-refractivity contribution >= 4 is 12.0 Å². The Balaban J connectivity index is 1.83. The summed E-state index contributed by atoms with van der Waals surface area (Å²) < 4.78 is 0. The van der Waals surface area contributed by atoms with Gasteiger partial charge in [0.2, 0.25) is 0 Å². The van der Waals surface area contributed by atoms with Crippen molar-refractivity contribution in [3.63, 3.8) is 0 Å². The molecule has 5 heteroatoms. The Morgan fingerprint density at radius 1 is 1.47 bits per heavy atom. The fourth-order valence-corrected chi connectivity index (χ4v) is 2.63. The molecule has 5 nitrogen and oxygen atoms in total. The normalized spacial score (nSPS) is 31.4. The molecule has 0 radical (unpaired) electrons. The highest BCUT2D eigenvalue weighted by Crippen LogP contribution is 2.33. The lowest BCUT2D eigenvalue weighted by Gasteiger charge is -2.23. The van der Waals surface area contributed by atoms with E-state index in [1.54, 1.807) is 4.90 Å². The molecule has 2 fully saturated rings. The molecule has 0 bridgehead atoms. The molecule has 0 aromatic heterocycles. The van der Waals surface area contributed by atoms with Gasteiger partial charge in [0.05, 0.1) is 6.42 Å². The number of carboxylic acids is 1. The number of likely N-dealkylation sites (tertiary alicyclic amines) is 1. The van der Waals surface area contributed by atoms with Gasteiger partial charge in [-0.25, -0.2) is 4.79 Å². The van der Waals surface area contributed by atoms with Crippen LogP contribution in [0.5, 0.6) is 0 Å². The molecule has 2 aliphatic rings. The number of carbonyl (C=O) groups is 2. The van der Waals surface area contributed by atoms with Gasteiger partial charge in [-0.05, 0) is 25.2 Å². The van der Waals surface area contributed by atoms with Crippen molar-refractivity contribution in [2.75, 3.05) is 6.54 Å². The minimum absolute atomic E-state index is 0.0648. The Kier molecular flexibility index (Phi) is 3.54. The summed E-state index contributed by atoms with van der Waals surface area (Å²) >= 11 is 0. The van der Waals surface area contributed by atoms with E-state index >= 15 is 0 Å². The van der Waals surface area contributed by atoms with Crippen molar-refractivity contribution in [2.24, 2.45) is 5.92 Å². The van der Waals surface area contributed by atoms with Gasteiger partial charge in [-0.1, -0.05) is 13.3 Å². The second kappa shape index (κ2) is 4.94. The molecule has 1 aliphatic carbocycles. The molecule has 1 aliphatic heterocycles. The summed E-state index contributed by atoms with van der Waals surface area (Å²) in [6.07, 6.45) is 3.95. The van der Waals surface area contributed by atoms with Crippen LogP contribution in [0.25, 0.3) is 0 Å². The number of nitrogens with zero attached hydrogens (tertiary/aromatic N) is 1. The number of hydrogen-bond acceptors (Lipinski definition) is 2. The lowest BCUT2D eigenvalue weighted by molar-refractivity contribution is -0.137. The first-order valence-electron chi connectivity index (χ1n) is 6.40. The lowest BCUT2D eigenvalue weighted by Crippen LogP contribution is -2.44. The minimum atomic E-state index is -0.826. The Hall–Kier alpha value is -1.26. The minimum Gasteiger partial charge on any atom is -0.481 e. The van der Waals surface area contributed by atoms with E-state index in [4.69, 9.17) is 5.11 Å². The first kappa shape index (κ1) is 12.2. The van der Waals surface area contributed by atoms with Gasteiger partial charge in [-0.15, -0.1) is 0 Å². The molecule has 2 amide bonds. The van der Waals surface area contributed by atoms with Gasteiger partial charge in [0.25, 0.3) is 0 Å². The van der Waals surface area contributed by atoms with E-state index in [9.17, 15) is 9.59 Å². The largest absolute Gasteiger partial charge is 0.481 e. The smallest absolute Gasteiger partial charge is 0.317 e. The molecule has 3 atom stereocenters. The molecule has 1 saturated heterocycles. The molecule has 0 aromatic rings. The van der Waals surface area contributed by atoms with Crippen LogP contribution in [0.15, 0.2) is 0 Å². The number of rotatable bonds is 4. The summed E-state index contributed by atoms with van der Waals surface area (Å²) in [6.45, 7) is 2.81. The Bertz CT molecular complexity index is 319. The van der Waals surface area contributed by atoms with Crippen molar-refractivity contribution in [2.45, 2.75) is 51.1 Å². The second-order valence-corrected chi connectivity index (χ2v) is 5.05. The highest BCUT2D eigenvalue weighted by Gasteiger charge is 2.39. The third-order valence-electron chi connectivity index (χ3n) is 3.80. The van der Waals surface area contributed by atoms with E-state index in [-0.39, 0.29) is 18.5 Å². The molecule has 2 N–H and O–H groups in total. The van der Waals surface area contributed by atoms with E-state index < -0.39 is 5.97 Å². The molecule has 1 saturated carbocycles. The molecule has 96 valence electrons. The Labute approximate surface area is 101 Å². The van der Waals surface area contributed by atoms with E-state index in [0.717, 1.165) is 25.7 Å². The van der Waals surface area contributed by atoms with Crippen molar-refractivity contribution in [3.05, 3.63) is 0 Å². The Morgan fingerprint density at radius 3 is 2.82 bits per heavy atom. The molecule has 3 unspecified atom stereocenters. The fourth-order valence-electron chi connectivity index (χ4n) is 2.63. The van der Waals surface area contributed by atoms with Gasteiger partial charge in [-0.3, -0.25) is 4.79 Å². The fraction of sp³-hybridized carbons (Fsp3) is 0.833. The molecule has 17 heavy (non-hydrogen) atoms. The standard InChI is InChI=1S/C12H20N2O3/c1-2-8-6-10(8)13-12(17)14-5-3-4-9(14)7-11(15)16/h8-10H,2-7H2,1H3,(H,13,17)(H,15,16). The van der Waals surface area contributed by atoms with E-state index in [1.807, 2.05) is 0 Å². The third kappa shape index (κ3) is 2.90. The number of carbonyl (C=O) groups excluding carboxylic acids is 1. The SMILES string of the molecule is CCC1CC1NC(=O)N1CCCC1CC(=O)O. The summed E-state index contributed by atoms with van der Waals surface area (Å²) in [5.74, 6) is -0.202. The molecular formula is C12H20N2O3. The van der Waals surface area contributed by atoms with Crippen LogP contribution in [0.3, 0.4) is 0 Å². The summed E-state index contributed by atoms with van der Waals surface area (Å²) in [6, 6.07) is 0.125. The maximum atomic E-state index is 12.0. The average molecular weight is 240 g/mol. The van der Waals surface area contributed by atoms with Crippen LogP contribution in [-0.4, -0.2) is 40.6 Å². The Morgan fingerprint density at radius 2 is 2.24 bits per heavy atom. The lowest BCUT2D eigenvalue weighted by atomic mass is 10.1. The van der Waals surface area contributed by atoms with Crippen LogP contribution < -0.4 is 5.32 Å². The monoisotopic (exact) mass is 240 g/mol. The summed E-state index contributed by atoms with van der Waals surface area (Å²) in [5, 5.41) is 11.8. The first-order chi connectivity index (χ1) is 8.11. The van der Waals surface area contributed by atoms with Crippen molar-refractivity contribution < 1.29 is 14.7 Å². The molecular weight excluding hydrogens is 220 g/mol. The van der Waals surface area contributed by atoms with Gasteiger partial charge in [-0.2, -0.15) is 0 Å². The zero-order valence-corrected chi connectivity index (χ0v) is 10.2. The number of urea groups is 1. The van der Waals surface area contributed by atoms with Crippen LogP contribution in [0, 0.1) is 5.92 Å². The number of carboxylic acid groups (broad SMARTS) is 1. The van der Waals surface area contributed by atoms with Crippen LogP contribution in [0.2, 0.25) is 0 Å². The van der Waals surface area contributed by atoms with E-state index in [0.29, 0.717) is 18.5 Å². The van der Waals surface area contributed by atoms with Gasteiger partial charge < -0.3 is 15.3 Å². The quantitative estimate of drug-likeness (QED) is 0.781. The van der Waals surface area contributed by atoms with Gasteiger partial charge in [0, 0.05) is 18.6 Å².